The molecule has 2 fully saturated rings. The molecule has 1 aromatic heterocycles. The summed E-state index contributed by atoms with van der Waals surface area (Å²) in [5.74, 6) is 0.475. The molecule has 39 heavy (non-hydrogen) atoms. The fraction of sp³-hybridized carbons (Fsp3) is 0.400. The number of amides is 2. The number of hydrogen-bond acceptors (Lipinski definition) is 7. The minimum absolute atomic E-state index is 0.0508. The Bertz CT molecular complexity index is 1210. The number of likely N-dealkylation sites (tertiary alicyclic amines) is 1. The van der Waals surface area contributed by atoms with Gasteiger partial charge in [-0.2, -0.15) is 0 Å². The van der Waals surface area contributed by atoms with Gasteiger partial charge in [-0.15, -0.1) is 0 Å². The number of carbonyl (C=O) groups is 2. The first-order valence-electron chi connectivity index (χ1n) is 13.5. The van der Waals surface area contributed by atoms with Gasteiger partial charge < -0.3 is 19.9 Å². The van der Waals surface area contributed by atoms with Gasteiger partial charge >= 0.3 is 6.09 Å². The molecule has 1 N–H and O–H groups in total. The summed E-state index contributed by atoms with van der Waals surface area (Å²) in [6.07, 6.45) is 2.86. The zero-order valence-corrected chi connectivity index (χ0v) is 22.8. The average molecular weight is 529 g/mol. The van der Waals surface area contributed by atoms with Crippen molar-refractivity contribution in [2.75, 3.05) is 44.2 Å². The lowest BCUT2D eigenvalue weighted by atomic mass is 9.93. The molecule has 2 amide bonds. The predicted octanol–water partition coefficient (Wildman–Crippen LogP) is 3.74. The van der Waals surface area contributed by atoms with Crippen molar-refractivity contribution in [3.05, 3.63) is 89.9 Å². The average Bonchev–Trinajstić information content (AvgIpc) is 2.92. The number of piperazine rings is 1. The van der Waals surface area contributed by atoms with Crippen LogP contribution >= 0.6 is 0 Å². The molecular formula is C30H36N6O3. The van der Waals surface area contributed by atoms with E-state index < -0.39 is 5.60 Å². The van der Waals surface area contributed by atoms with Crippen LogP contribution < -0.4 is 10.2 Å². The SMILES string of the molecule is CC(C)(C)OC(=O)N1CCN(c2cnc(C(=O)NC3CN(C(c4ccccc4)c4ccccc4)C3)cn2)CC1. The first-order valence-corrected chi connectivity index (χ1v) is 13.5. The lowest BCUT2D eigenvalue weighted by Gasteiger charge is -2.45. The zero-order chi connectivity index (χ0) is 27.4. The maximum Gasteiger partial charge on any atom is 0.410 e. The molecule has 204 valence electrons. The second-order valence-electron chi connectivity index (χ2n) is 11.1. The van der Waals surface area contributed by atoms with Gasteiger partial charge in [0.2, 0.25) is 0 Å². The van der Waals surface area contributed by atoms with Crippen LogP contribution in [0.3, 0.4) is 0 Å². The van der Waals surface area contributed by atoms with Crippen LogP contribution in [0, 0.1) is 0 Å². The van der Waals surface area contributed by atoms with E-state index >= 15 is 0 Å². The Labute approximate surface area is 229 Å². The standard InChI is InChI=1S/C30H36N6O3/c1-30(2,3)39-29(38)35-16-14-34(15-17-35)26-19-31-25(18-32-26)28(37)33-24-20-36(21-24)27(22-10-6-4-7-11-22)23-12-8-5-9-13-23/h4-13,18-19,24,27H,14-17,20-21H2,1-3H3,(H,33,37). The summed E-state index contributed by atoms with van der Waals surface area (Å²) in [5.41, 5.74) is 2.26. The van der Waals surface area contributed by atoms with Crippen molar-refractivity contribution in [3.8, 4) is 0 Å². The molecule has 0 saturated carbocycles. The number of nitrogens with one attached hydrogen (secondary N) is 1. The van der Waals surface area contributed by atoms with Gasteiger partial charge in [0.15, 0.2) is 0 Å². The summed E-state index contributed by atoms with van der Waals surface area (Å²) in [4.78, 5) is 40.2. The van der Waals surface area contributed by atoms with Gasteiger partial charge in [-0.3, -0.25) is 9.69 Å². The number of ether oxygens (including phenoxy) is 1. The number of rotatable bonds is 6. The van der Waals surface area contributed by atoms with Gasteiger partial charge in [-0.25, -0.2) is 14.8 Å². The van der Waals surface area contributed by atoms with E-state index in [-0.39, 0.29) is 24.1 Å². The molecule has 2 aliphatic rings. The van der Waals surface area contributed by atoms with Crippen LogP contribution in [0.2, 0.25) is 0 Å². The van der Waals surface area contributed by atoms with Gasteiger partial charge in [0, 0.05) is 39.3 Å². The summed E-state index contributed by atoms with van der Waals surface area (Å²) < 4.78 is 5.46. The van der Waals surface area contributed by atoms with E-state index in [9.17, 15) is 9.59 Å². The third-order valence-corrected chi connectivity index (χ3v) is 6.97. The molecule has 5 rings (SSSR count). The Morgan fingerprint density at radius 2 is 1.46 bits per heavy atom. The van der Waals surface area contributed by atoms with E-state index in [2.05, 4.69) is 73.6 Å². The highest BCUT2D eigenvalue weighted by Crippen LogP contribution is 2.32. The first-order chi connectivity index (χ1) is 18.8. The Morgan fingerprint density at radius 3 is 1.97 bits per heavy atom. The minimum atomic E-state index is -0.515. The monoisotopic (exact) mass is 528 g/mol. The van der Waals surface area contributed by atoms with E-state index in [0.717, 1.165) is 13.1 Å². The minimum Gasteiger partial charge on any atom is -0.444 e. The van der Waals surface area contributed by atoms with Crippen molar-refractivity contribution < 1.29 is 14.3 Å². The van der Waals surface area contributed by atoms with Crippen LogP contribution in [-0.2, 0) is 4.74 Å². The van der Waals surface area contributed by atoms with Crippen LogP contribution in [-0.4, -0.2) is 82.7 Å². The van der Waals surface area contributed by atoms with Crippen molar-refractivity contribution in [1.29, 1.82) is 0 Å². The fourth-order valence-corrected chi connectivity index (χ4v) is 5.01. The Morgan fingerprint density at radius 1 is 0.872 bits per heavy atom. The zero-order valence-electron chi connectivity index (χ0n) is 22.8. The Hall–Kier alpha value is -3.98. The summed E-state index contributed by atoms with van der Waals surface area (Å²) in [5, 5.41) is 3.10. The second-order valence-corrected chi connectivity index (χ2v) is 11.1. The van der Waals surface area contributed by atoms with Crippen LogP contribution in [0.5, 0.6) is 0 Å². The molecule has 0 atom stereocenters. The van der Waals surface area contributed by atoms with Crippen LogP contribution in [0.25, 0.3) is 0 Å². The molecule has 2 saturated heterocycles. The maximum atomic E-state index is 12.9. The van der Waals surface area contributed by atoms with Crippen molar-refractivity contribution in [2.24, 2.45) is 0 Å². The van der Waals surface area contributed by atoms with E-state index in [1.165, 1.54) is 17.3 Å². The maximum absolute atomic E-state index is 12.9. The van der Waals surface area contributed by atoms with E-state index in [1.807, 2.05) is 32.9 Å². The van der Waals surface area contributed by atoms with E-state index in [4.69, 9.17) is 4.74 Å². The molecule has 0 aliphatic carbocycles. The molecule has 0 unspecified atom stereocenters. The molecule has 2 aliphatic heterocycles. The summed E-state index contributed by atoms with van der Waals surface area (Å²) >= 11 is 0. The number of nitrogens with zero attached hydrogens (tertiary/aromatic N) is 5. The quantitative estimate of drug-likeness (QED) is 0.521. The summed E-state index contributed by atoms with van der Waals surface area (Å²) in [7, 11) is 0. The van der Waals surface area contributed by atoms with Crippen LogP contribution in [0.4, 0.5) is 10.6 Å². The number of carbonyl (C=O) groups excluding carboxylic acids is 2. The largest absolute Gasteiger partial charge is 0.444 e. The molecular weight excluding hydrogens is 492 g/mol. The van der Waals surface area contributed by atoms with Crippen molar-refractivity contribution in [3.63, 3.8) is 0 Å². The van der Waals surface area contributed by atoms with Crippen LogP contribution in [0.15, 0.2) is 73.1 Å². The Kier molecular flexibility index (Phi) is 7.79. The van der Waals surface area contributed by atoms with Gasteiger partial charge in [0.25, 0.3) is 5.91 Å². The molecule has 3 aromatic rings. The predicted molar refractivity (Wildman–Crippen MR) is 150 cm³/mol. The van der Waals surface area contributed by atoms with Crippen molar-refractivity contribution >= 4 is 17.8 Å². The third-order valence-electron chi connectivity index (χ3n) is 6.97. The van der Waals surface area contributed by atoms with Crippen molar-refractivity contribution in [1.82, 2.24) is 25.1 Å². The lowest BCUT2D eigenvalue weighted by Crippen LogP contribution is -2.60. The van der Waals surface area contributed by atoms with E-state index in [0.29, 0.717) is 37.7 Å². The Balaban J connectivity index is 1.13. The number of hydrogen-bond donors (Lipinski definition) is 1. The topological polar surface area (TPSA) is 90.9 Å². The lowest BCUT2D eigenvalue weighted by molar-refractivity contribution is 0.0240. The third kappa shape index (κ3) is 6.54. The second kappa shape index (κ2) is 11.4. The van der Waals surface area contributed by atoms with Crippen molar-refractivity contribution in [2.45, 2.75) is 38.5 Å². The molecule has 0 spiro atoms. The number of aromatic nitrogens is 2. The fourth-order valence-electron chi connectivity index (χ4n) is 5.01. The first kappa shape index (κ1) is 26.6. The summed E-state index contributed by atoms with van der Waals surface area (Å²) in [6.45, 7) is 9.45. The van der Waals surface area contributed by atoms with Crippen LogP contribution in [0.1, 0.15) is 48.4 Å². The highest BCUT2D eigenvalue weighted by Gasteiger charge is 2.35. The van der Waals surface area contributed by atoms with Gasteiger partial charge in [0.1, 0.15) is 17.1 Å². The molecule has 9 nitrogen and oxygen atoms in total. The normalized spacial score (nSPS) is 16.6. The van der Waals surface area contributed by atoms with E-state index in [1.54, 1.807) is 11.1 Å². The number of anilines is 1. The molecule has 9 heteroatoms. The molecule has 3 heterocycles. The van der Waals surface area contributed by atoms with Gasteiger partial charge in [0.05, 0.1) is 24.5 Å². The molecule has 0 radical (unpaired) electrons. The summed E-state index contributed by atoms with van der Waals surface area (Å²) in [6, 6.07) is 21.1. The van der Waals surface area contributed by atoms with Gasteiger partial charge in [-0.1, -0.05) is 60.7 Å². The smallest absolute Gasteiger partial charge is 0.410 e. The molecule has 2 aromatic carbocycles. The number of benzene rings is 2. The van der Waals surface area contributed by atoms with Gasteiger partial charge in [-0.05, 0) is 31.9 Å². The highest BCUT2D eigenvalue weighted by molar-refractivity contribution is 5.92. The molecule has 0 bridgehead atoms. The highest BCUT2D eigenvalue weighted by atomic mass is 16.6.